The van der Waals surface area contributed by atoms with Crippen LogP contribution in [0.5, 0.6) is 0 Å². The highest BCUT2D eigenvalue weighted by molar-refractivity contribution is 6.29. The third kappa shape index (κ3) is 8.28. The minimum atomic E-state index is -3.02. The van der Waals surface area contributed by atoms with Crippen LogP contribution in [0.2, 0.25) is 5.15 Å². The number of halogens is 6. The van der Waals surface area contributed by atoms with E-state index in [9.17, 15) is 31.5 Å². The van der Waals surface area contributed by atoms with Gasteiger partial charge in [-0.2, -0.15) is 4.39 Å². The monoisotopic (exact) mass is 645 g/mol. The molecule has 2 aliphatic heterocycles. The number of carbonyl (C=O) groups excluding carboxylic acids is 2. The molecule has 4 heterocycles. The van der Waals surface area contributed by atoms with Crippen molar-refractivity contribution >= 4 is 35.1 Å². The molecule has 1 N–H and O–H groups in total. The van der Waals surface area contributed by atoms with Crippen molar-refractivity contribution in [2.24, 2.45) is 11.3 Å². The lowest BCUT2D eigenvalue weighted by Crippen LogP contribution is -2.50. The van der Waals surface area contributed by atoms with Crippen molar-refractivity contribution in [1.82, 2.24) is 14.9 Å². The molecule has 2 saturated heterocycles. The summed E-state index contributed by atoms with van der Waals surface area (Å²) in [4.78, 5) is 36.0. The number of nitrogens with one attached hydrogen (secondary N) is 1. The first kappa shape index (κ1) is 33.7. The maximum atomic E-state index is 14.8. The topological polar surface area (TPSA) is 87.7 Å². The zero-order valence-corrected chi connectivity index (χ0v) is 25.6. The van der Waals surface area contributed by atoms with Crippen molar-refractivity contribution in [3.63, 3.8) is 0 Å². The molecule has 14 heteroatoms. The van der Waals surface area contributed by atoms with Crippen LogP contribution in [-0.4, -0.2) is 71.0 Å². The Hall–Kier alpha value is -3.22. The first-order valence-electron chi connectivity index (χ1n) is 14.6. The quantitative estimate of drug-likeness (QED) is 0.237. The number of amides is 2. The molecule has 1 unspecified atom stereocenters. The van der Waals surface area contributed by atoms with Gasteiger partial charge < -0.3 is 19.9 Å². The Morgan fingerprint density at radius 2 is 1.86 bits per heavy atom. The molecule has 0 spiro atoms. The number of carbonyl (C=O) groups is 2. The van der Waals surface area contributed by atoms with Crippen molar-refractivity contribution < 1.29 is 36.3 Å². The van der Waals surface area contributed by atoms with E-state index in [1.807, 2.05) is 0 Å². The number of anilines is 2. The summed E-state index contributed by atoms with van der Waals surface area (Å²) in [6, 6.07) is 5.73. The van der Waals surface area contributed by atoms with Gasteiger partial charge >= 0.3 is 6.09 Å². The fourth-order valence-electron chi connectivity index (χ4n) is 5.76. The molecule has 44 heavy (non-hydrogen) atoms. The molecule has 2 aromatic rings. The van der Waals surface area contributed by atoms with E-state index >= 15 is 0 Å². The van der Waals surface area contributed by atoms with Crippen LogP contribution in [0.1, 0.15) is 69.7 Å². The maximum Gasteiger partial charge on any atom is 0.410 e. The minimum Gasteiger partial charge on any atom is -0.444 e. The zero-order chi connectivity index (χ0) is 32.3. The van der Waals surface area contributed by atoms with Gasteiger partial charge in [0.1, 0.15) is 16.6 Å². The molecule has 1 atom stereocenters. The molecular weight excluding hydrogens is 609 g/mol. The summed E-state index contributed by atoms with van der Waals surface area (Å²) >= 11 is 5.88. The van der Waals surface area contributed by atoms with Gasteiger partial charge in [0.15, 0.2) is 0 Å². The van der Waals surface area contributed by atoms with Crippen LogP contribution in [-0.2, 0) is 4.74 Å². The van der Waals surface area contributed by atoms with E-state index in [4.69, 9.17) is 16.3 Å². The van der Waals surface area contributed by atoms with Gasteiger partial charge in [-0.1, -0.05) is 24.1 Å². The number of alkyl halides is 4. The predicted octanol–water partition coefficient (Wildman–Crippen LogP) is 7.44. The number of likely N-dealkylation sites (tertiary alicyclic amines) is 1. The fraction of sp³-hybridized carbons (Fsp3) is 0.600. The molecule has 2 aromatic heterocycles. The summed E-state index contributed by atoms with van der Waals surface area (Å²) in [6.45, 7) is 4.91. The van der Waals surface area contributed by atoms with Crippen LogP contribution in [0.25, 0.3) is 0 Å². The largest absolute Gasteiger partial charge is 0.444 e. The standard InChI is InChI=1S/C30H37ClF5N5O3/c1-28(2,3)44-27(43)41-15-12-30(35,36)19(18-41)6-5-9-29(26(33)34)10-13-40(14-11-29)21-16-23(32)37-17-20(21)25(42)39-24-8-4-7-22(31)38-24/h4,7-8,16-17,19,26H,5-6,9-15,18H2,1-3H3,(H,38,39,42). The van der Waals surface area contributed by atoms with E-state index in [-0.39, 0.29) is 80.5 Å². The number of pyridine rings is 2. The normalized spacial score (nSPS) is 20.0. The Bertz CT molecular complexity index is 1330. The van der Waals surface area contributed by atoms with E-state index in [0.29, 0.717) is 0 Å². The average molecular weight is 646 g/mol. The Morgan fingerprint density at radius 1 is 1.16 bits per heavy atom. The van der Waals surface area contributed by atoms with E-state index in [1.54, 1.807) is 31.7 Å². The minimum absolute atomic E-state index is 0.00993. The van der Waals surface area contributed by atoms with E-state index < -0.39 is 53.7 Å². The number of nitrogens with zero attached hydrogens (tertiary/aromatic N) is 4. The summed E-state index contributed by atoms with van der Waals surface area (Å²) in [5.41, 5.74) is -1.97. The number of ether oxygens (including phenoxy) is 1. The number of aromatic nitrogens is 2. The van der Waals surface area contributed by atoms with Crippen LogP contribution in [0.3, 0.4) is 0 Å². The predicted molar refractivity (Wildman–Crippen MR) is 156 cm³/mol. The molecule has 2 aliphatic rings. The second-order valence-corrected chi connectivity index (χ2v) is 12.9. The highest BCUT2D eigenvalue weighted by Gasteiger charge is 2.47. The van der Waals surface area contributed by atoms with Crippen LogP contribution in [0.15, 0.2) is 30.5 Å². The lowest BCUT2D eigenvalue weighted by atomic mass is 9.73. The van der Waals surface area contributed by atoms with Crippen molar-refractivity contribution in [3.05, 3.63) is 47.1 Å². The molecule has 8 nitrogen and oxygen atoms in total. The zero-order valence-electron chi connectivity index (χ0n) is 24.9. The number of piperidine rings is 2. The summed E-state index contributed by atoms with van der Waals surface area (Å²) in [5.74, 6) is -5.49. The van der Waals surface area contributed by atoms with E-state index in [0.717, 1.165) is 12.3 Å². The van der Waals surface area contributed by atoms with Gasteiger partial charge in [-0.25, -0.2) is 32.3 Å². The summed E-state index contributed by atoms with van der Waals surface area (Å²) in [5, 5.41) is 2.74. The second-order valence-electron chi connectivity index (χ2n) is 12.5. The second kappa shape index (κ2) is 13.4. The first-order valence-corrected chi connectivity index (χ1v) is 14.9. The van der Waals surface area contributed by atoms with Crippen molar-refractivity contribution in [2.75, 3.05) is 36.4 Å². The van der Waals surface area contributed by atoms with Crippen LogP contribution >= 0.6 is 11.6 Å². The number of hydrogen-bond donors (Lipinski definition) is 1. The van der Waals surface area contributed by atoms with Crippen molar-refractivity contribution in [3.8, 4) is 0 Å². The molecule has 2 amide bonds. The number of rotatable bonds is 8. The molecule has 242 valence electrons. The molecule has 0 aliphatic carbocycles. The Balaban J connectivity index is 1.40. The fourth-order valence-corrected chi connectivity index (χ4v) is 5.93. The Labute approximate surface area is 258 Å². The smallest absolute Gasteiger partial charge is 0.410 e. The van der Waals surface area contributed by atoms with Crippen molar-refractivity contribution in [1.29, 1.82) is 0 Å². The Morgan fingerprint density at radius 3 is 2.50 bits per heavy atom. The van der Waals surface area contributed by atoms with E-state index in [2.05, 4.69) is 15.3 Å². The molecule has 0 saturated carbocycles. The van der Waals surface area contributed by atoms with Gasteiger partial charge in [0.25, 0.3) is 11.8 Å². The third-order valence-corrected chi connectivity index (χ3v) is 8.46. The van der Waals surface area contributed by atoms with Gasteiger partial charge in [-0.3, -0.25) is 4.79 Å². The highest BCUT2D eigenvalue weighted by atomic mass is 35.5. The molecule has 0 bridgehead atoms. The summed E-state index contributed by atoms with van der Waals surface area (Å²) in [6.07, 6.45) is -2.69. The first-order chi connectivity index (χ1) is 20.6. The lowest BCUT2D eigenvalue weighted by molar-refractivity contribution is -0.109. The molecule has 4 rings (SSSR count). The third-order valence-electron chi connectivity index (χ3n) is 8.24. The molecule has 0 radical (unpaired) electrons. The SMILES string of the molecule is CC(C)(C)OC(=O)N1CCC(F)(F)C(CCCC2(C(F)F)CCN(c3cc(F)ncc3C(=O)Nc3cccc(Cl)n3)CC2)C1. The van der Waals surface area contributed by atoms with Crippen molar-refractivity contribution in [2.45, 2.75) is 77.2 Å². The summed E-state index contributed by atoms with van der Waals surface area (Å²) < 4.78 is 78.1. The van der Waals surface area contributed by atoms with Gasteiger partial charge in [-0.05, 0) is 58.6 Å². The molecule has 2 fully saturated rings. The molecular formula is C30H37ClF5N5O3. The van der Waals surface area contributed by atoms with Gasteiger partial charge in [0, 0.05) is 56.2 Å². The van der Waals surface area contributed by atoms with Crippen LogP contribution in [0.4, 0.5) is 38.3 Å². The Kier molecular flexibility index (Phi) is 10.3. The van der Waals surface area contributed by atoms with Gasteiger partial charge in [-0.15, -0.1) is 0 Å². The van der Waals surface area contributed by atoms with Crippen LogP contribution in [0, 0.1) is 17.3 Å². The lowest BCUT2D eigenvalue weighted by Gasteiger charge is -2.43. The van der Waals surface area contributed by atoms with Gasteiger partial charge in [0.05, 0.1) is 11.3 Å². The highest BCUT2D eigenvalue weighted by Crippen LogP contribution is 2.45. The summed E-state index contributed by atoms with van der Waals surface area (Å²) in [7, 11) is 0. The number of hydrogen-bond acceptors (Lipinski definition) is 6. The molecule has 0 aromatic carbocycles. The maximum absolute atomic E-state index is 14.8. The van der Waals surface area contributed by atoms with E-state index in [1.165, 1.54) is 17.0 Å². The van der Waals surface area contributed by atoms with Crippen LogP contribution < -0.4 is 10.2 Å². The average Bonchev–Trinajstić information content (AvgIpc) is 2.93. The van der Waals surface area contributed by atoms with Gasteiger partial charge in [0.2, 0.25) is 12.4 Å².